The number of nitrogen functional groups attached to an aromatic ring is 1. The molecule has 0 saturated carbocycles. The minimum Gasteiger partial charge on any atom is -0.394 e. The summed E-state index contributed by atoms with van der Waals surface area (Å²) in [6.45, 7) is 2.55. The lowest BCUT2D eigenvalue weighted by Crippen LogP contribution is -2.11. The van der Waals surface area contributed by atoms with Gasteiger partial charge in [0.2, 0.25) is 5.43 Å². The number of pyridine rings is 1. The second-order valence-electron chi connectivity index (χ2n) is 2.89. The van der Waals surface area contributed by atoms with Crippen LogP contribution in [0, 0.1) is 0 Å². The van der Waals surface area contributed by atoms with Gasteiger partial charge in [0, 0.05) is 30.5 Å². The largest absolute Gasteiger partial charge is 0.394 e. The third-order valence-electron chi connectivity index (χ3n) is 1.63. The first-order chi connectivity index (χ1) is 6.13. The molecule has 0 unspecified atom stereocenters. The summed E-state index contributed by atoms with van der Waals surface area (Å²) in [5, 5.41) is 0. The normalized spacial score (nSPS) is 11.7. The third kappa shape index (κ3) is 2.63. The molecule has 0 radical (unpaired) electrons. The fourth-order valence-electron chi connectivity index (χ4n) is 0.966. The van der Waals surface area contributed by atoms with E-state index in [1.807, 2.05) is 11.5 Å². The van der Waals surface area contributed by atoms with Crippen LogP contribution in [0.1, 0.15) is 6.92 Å². The van der Waals surface area contributed by atoms with Gasteiger partial charge in [-0.1, -0.05) is 11.6 Å². The Morgan fingerprint density at radius 3 is 3.00 bits per heavy atom. The number of nitrogens with zero attached hydrogens (tertiary/aromatic N) is 1. The number of nitrogens with two attached hydrogens (primary N) is 1. The number of halogens is 1. The molecular weight excluding hydrogens is 188 g/mol. The van der Waals surface area contributed by atoms with Crippen LogP contribution in [0.3, 0.4) is 0 Å². The minimum atomic E-state index is -0.149. The molecule has 1 heterocycles. The molecule has 0 aliphatic heterocycles. The van der Waals surface area contributed by atoms with Gasteiger partial charge >= 0.3 is 0 Å². The van der Waals surface area contributed by atoms with Crippen LogP contribution in [-0.4, -0.2) is 4.57 Å². The van der Waals surface area contributed by atoms with Crippen molar-refractivity contribution in [3.05, 3.63) is 39.8 Å². The van der Waals surface area contributed by atoms with Crippen LogP contribution in [0.25, 0.3) is 0 Å². The van der Waals surface area contributed by atoms with Gasteiger partial charge in [-0.2, -0.15) is 0 Å². The molecule has 0 spiro atoms. The van der Waals surface area contributed by atoms with E-state index in [9.17, 15) is 4.79 Å². The molecule has 0 aromatic carbocycles. The summed E-state index contributed by atoms with van der Waals surface area (Å²) in [5.41, 5.74) is 8.07. The average molecular weight is 199 g/mol. The van der Waals surface area contributed by atoms with E-state index in [0.717, 1.165) is 5.57 Å². The van der Waals surface area contributed by atoms with Crippen molar-refractivity contribution in [2.45, 2.75) is 13.5 Å². The van der Waals surface area contributed by atoms with Crippen LogP contribution in [0.4, 0.5) is 5.69 Å². The molecule has 70 valence electrons. The fraction of sp³-hybridized carbons (Fsp3) is 0.222. The molecule has 0 fully saturated rings. The van der Waals surface area contributed by atoms with Crippen molar-refractivity contribution in [1.82, 2.24) is 4.57 Å². The second-order valence-corrected chi connectivity index (χ2v) is 3.11. The van der Waals surface area contributed by atoms with Crippen LogP contribution >= 0.6 is 11.6 Å². The van der Waals surface area contributed by atoms with Gasteiger partial charge in [0.05, 0.1) is 5.69 Å². The molecule has 0 amide bonds. The highest BCUT2D eigenvalue weighted by Gasteiger charge is 1.95. The molecule has 1 aromatic rings. The average Bonchev–Trinajstić information content (AvgIpc) is 2.11. The first kappa shape index (κ1) is 9.86. The highest BCUT2D eigenvalue weighted by atomic mass is 35.5. The number of anilines is 1. The van der Waals surface area contributed by atoms with Gasteiger partial charge in [-0.05, 0) is 12.5 Å². The summed E-state index contributed by atoms with van der Waals surface area (Å²) in [6, 6.07) is 1.44. The Bertz CT molecular complexity index is 381. The van der Waals surface area contributed by atoms with Crippen molar-refractivity contribution in [3.63, 3.8) is 0 Å². The van der Waals surface area contributed by atoms with Gasteiger partial charge in [0.15, 0.2) is 0 Å². The van der Waals surface area contributed by atoms with Gasteiger partial charge in [-0.3, -0.25) is 4.79 Å². The predicted molar refractivity (Wildman–Crippen MR) is 54.7 cm³/mol. The Morgan fingerprint density at radius 2 is 2.46 bits per heavy atom. The maximum absolute atomic E-state index is 10.9. The molecule has 0 aliphatic rings. The van der Waals surface area contributed by atoms with E-state index >= 15 is 0 Å². The second kappa shape index (κ2) is 4.14. The molecule has 1 rings (SSSR count). The molecule has 4 heteroatoms. The molecule has 0 atom stereocenters. The molecular formula is C9H11ClN2O. The Labute approximate surface area is 81.4 Å². The van der Waals surface area contributed by atoms with Crippen molar-refractivity contribution < 1.29 is 0 Å². The molecule has 3 nitrogen and oxygen atoms in total. The van der Waals surface area contributed by atoms with E-state index in [1.165, 1.54) is 11.6 Å². The number of hydrogen-bond donors (Lipinski definition) is 1. The Hall–Kier alpha value is -1.22. The molecule has 13 heavy (non-hydrogen) atoms. The number of rotatable bonds is 2. The third-order valence-corrected chi connectivity index (χ3v) is 2.00. The lowest BCUT2D eigenvalue weighted by atomic mass is 10.3. The van der Waals surface area contributed by atoms with E-state index in [-0.39, 0.29) is 11.1 Å². The van der Waals surface area contributed by atoms with Gasteiger partial charge in [-0.25, -0.2) is 0 Å². The molecule has 0 bridgehead atoms. The van der Waals surface area contributed by atoms with Crippen molar-refractivity contribution in [2.24, 2.45) is 0 Å². The zero-order valence-corrected chi connectivity index (χ0v) is 8.08. The maximum Gasteiger partial charge on any atom is 0.204 e. The number of aromatic nitrogens is 1. The highest BCUT2D eigenvalue weighted by Crippen LogP contribution is 2.01. The minimum absolute atomic E-state index is 0.149. The van der Waals surface area contributed by atoms with Crippen molar-refractivity contribution >= 4 is 17.3 Å². The van der Waals surface area contributed by atoms with E-state index in [0.29, 0.717) is 6.54 Å². The lowest BCUT2D eigenvalue weighted by Gasteiger charge is -2.05. The first-order valence-corrected chi connectivity index (χ1v) is 4.28. The van der Waals surface area contributed by atoms with Gasteiger partial charge in [0.1, 0.15) is 0 Å². The van der Waals surface area contributed by atoms with E-state index in [2.05, 4.69) is 0 Å². The van der Waals surface area contributed by atoms with Crippen molar-refractivity contribution in [2.75, 3.05) is 5.73 Å². The lowest BCUT2D eigenvalue weighted by molar-refractivity contribution is 0.778. The highest BCUT2D eigenvalue weighted by molar-refractivity contribution is 6.25. The summed E-state index contributed by atoms with van der Waals surface area (Å²) in [6.07, 6.45) is 3.29. The smallest absolute Gasteiger partial charge is 0.204 e. The Kier molecular flexibility index (Phi) is 3.14. The summed E-state index contributed by atoms with van der Waals surface area (Å²) >= 11 is 5.50. The van der Waals surface area contributed by atoms with Gasteiger partial charge < -0.3 is 10.3 Å². The maximum atomic E-state index is 10.9. The summed E-state index contributed by atoms with van der Waals surface area (Å²) in [4.78, 5) is 10.9. The van der Waals surface area contributed by atoms with E-state index in [4.69, 9.17) is 17.3 Å². The summed E-state index contributed by atoms with van der Waals surface area (Å²) in [5.74, 6) is 0. The predicted octanol–water partition coefficient (Wildman–Crippen LogP) is 1.57. The monoisotopic (exact) mass is 198 g/mol. The van der Waals surface area contributed by atoms with Crippen LogP contribution in [0.15, 0.2) is 34.4 Å². The van der Waals surface area contributed by atoms with E-state index < -0.39 is 0 Å². The number of hydrogen-bond acceptors (Lipinski definition) is 2. The topological polar surface area (TPSA) is 48.0 Å². The van der Waals surface area contributed by atoms with Crippen LogP contribution in [-0.2, 0) is 6.54 Å². The zero-order chi connectivity index (χ0) is 9.84. The summed E-state index contributed by atoms with van der Waals surface area (Å²) < 4.78 is 1.81. The zero-order valence-electron chi connectivity index (χ0n) is 7.33. The van der Waals surface area contributed by atoms with E-state index in [1.54, 1.807) is 12.4 Å². The van der Waals surface area contributed by atoms with Crippen LogP contribution in [0.2, 0.25) is 0 Å². The van der Waals surface area contributed by atoms with Crippen molar-refractivity contribution in [1.29, 1.82) is 0 Å². The van der Waals surface area contributed by atoms with Crippen LogP contribution < -0.4 is 11.2 Å². The van der Waals surface area contributed by atoms with Crippen molar-refractivity contribution in [3.8, 4) is 0 Å². The SMILES string of the molecule is C/C(=C\Cl)Cn1ccc(=O)c(N)c1. The van der Waals surface area contributed by atoms with Gasteiger partial charge in [0.25, 0.3) is 0 Å². The fourth-order valence-corrected chi connectivity index (χ4v) is 1.03. The Balaban J connectivity index is 2.92. The molecule has 0 saturated heterocycles. The summed E-state index contributed by atoms with van der Waals surface area (Å²) in [7, 11) is 0. The van der Waals surface area contributed by atoms with Crippen LogP contribution in [0.5, 0.6) is 0 Å². The molecule has 0 aliphatic carbocycles. The molecule has 1 aromatic heterocycles. The standard InChI is InChI=1S/C9H11ClN2O/c1-7(4-10)5-12-3-2-9(13)8(11)6-12/h2-4,6H,5,11H2,1H3/b7-4+. The Morgan fingerprint density at radius 1 is 1.77 bits per heavy atom. The first-order valence-electron chi connectivity index (χ1n) is 3.85. The quantitative estimate of drug-likeness (QED) is 0.784. The molecule has 2 N–H and O–H groups in total. The number of allylic oxidation sites excluding steroid dienone is 1. The van der Waals surface area contributed by atoms with Gasteiger partial charge in [-0.15, -0.1) is 0 Å².